The molecule has 1 heterocycles. The number of amides is 1. The molecule has 1 aromatic rings. The first-order valence-electron chi connectivity index (χ1n) is 7.13. The Kier molecular flexibility index (Phi) is 4.45. The number of carbonyl (C=O) groups is 1. The van der Waals surface area contributed by atoms with Crippen LogP contribution in [0.4, 0.5) is 0 Å². The first kappa shape index (κ1) is 15.0. The molecule has 0 bridgehead atoms. The van der Waals surface area contributed by atoms with Gasteiger partial charge in [-0.05, 0) is 26.3 Å². The largest absolute Gasteiger partial charge is 0.369 e. The first-order valence-corrected chi connectivity index (χ1v) is 7.13. The van der Waals surface area contributed by atoms with E-state index in [1.165, 1.54) is 0 Å². The van der Waals surface area contributed by atoms with E-state index in [0.717, 1.165) is 5.56 Å². The third kappa shape index (κ3) is 3.81. The molecule has 1 fully saturated rings. The van der Waals surface area contributed by atoms with E-state index in [1.807, 2.05) is 56.0 Å². The van der Waals surface area contributed by atoms with Gasteiger partial charge in [0.2, 0.25) is 5.91 Å². The van der Waals surface area contributed by atoms with Gasteiger partial charge in [0, 0.05) is 25.6 Å². The van der Waals surface area contributed by atoms with Crippen molar-refractivity contribution < 1.29 is 9.53 Å². The van der Waals surface area contributed by atoms with Gasteiger partial charge < -0.3 is 15.4 Å². The van der Waals surface area contributed by atoms with E-state index in [2.05, 4.69) is 0 Å². The van der Waals surface area contributed by atoms with Gasteiger partial charge in [0.1, 0.15) is 0 Å². The maximum absolute atomic E-state index is 12.4. The van der Waals surface area contributed by atoms with E-state index in [-0.39, 0.29) is 23.7 Å². The lowest BCUT2D eigenvalue weighted by Gasteiger charge is -2.42. The Labute approximate surface area is 120 Å². The van der Waals surface area contributed by atoms with Crippen LogP contribution in [0.2, 0.25) is 0 Å². The zero-order valence-corrected chi connectivity index (χ0v) is 12.5. The number of hydrogen-bond donors (Lipinski definition) is 1. The predicted molar refractivity (Wildman–Crippen MR) is 79.2 cm³/mol. The van der Waals surface area contributed by atoms with Crippen LogP contribution in [0.25, 0.3) is 0 Å². The van der Waals surface area contributed by atoms with Gasteiger partial charge in [0.25, 0.3) is 0 Å². The quantitative estimate of drug-likeness (QED) is 0.920. The summed E-state index contributed by atoms with van der Waals surface area (Å²) in [6.07, 6.45) is 0.406. The topological polar surface area (TPSA) is 55.6 Å². The monoisotopic (exact) mass is 276 g/mol. The van der Waals surface area contributed by atoms with E-state index in [0.29, 0.717) is 19.5 Å². The average Bonchev–Trinajstić information content (AvgIpc) is 2.37. The molecule has 0 spiro atoms. The predicted octanol–water partition coefficient (Wildman–Crippen LogP) is 2.10. The molecular formula is C16H24N2O2. The third-order valence-corrected chi connectivity index (χ3v) is 3.54. The summed E-state index contributed by atoms with van der Waals surface area (Å²) >= 11 is 0. The second kappa shape index (κ2) is 5.94. The molecule has 1 saturated heterocycles. The van der Waals surface area contributed by atoms with Gasteiger partial charge in [0.05, 0.1) is 11.7 Å². The lowest BCUT2D eigenvalue weighted by atomic mass is 10.0. The molecular weight excluding hydrogens is 252 g/mol. The lowest BCUT2D eigenvalue weighted by Crippen LogP contribution is -2.54. The van der Waals surface area contributed by atoms with Crippen molar-refractivity contribution in [1.29, 1.82) is 0 Å². The fourth-order valence-corrected chi connectivity index (χ4v) is 2.78. The molecule has 4 nitrogen and oxygen atoms in total. The maximum atomic E-state index is 12.4. The number of hydrogen-bond acceptors (Lipinski definition) is 3. The zero-order chi connectivity index (χ0) is 14.8. The molecule has 0 aromatic heterocycles. The second-order valence-corrected chi connectivity index (χ2v) is 6.18. The molecule has 20 heavy (non-hydrogen) atoms. The van der Waals surface area contributed by atoms with Crippen molar-refractivity contribution in [2.75, 3.05) is 13.1 Å². The molecule has 0 saturated carbocycles. The Hall–Kier alpha value is -1.39. The van der Waals surface area contributed by atoms with E-state index in [1.54, 1.807) is 0 Å². The van der Waals surface area contributed by atoms with Gasteiger partial charge in [-0.1, -0.05) is 30.3 Å². The van der Waals surface area contributed by atoms with E-state index < -0.39 is 0 Å². The maximum Gasteiger partial charge on any atom is 0.224 e. The highest BCUT2D eigenvalue weighted by Gasteiger charge is 2.33. The van der Waals surface area contributed by atoms with Gasteiger partial charge in [-0.15, -0.1) is 0 Å². The molecule has 0 radical (unpaired) electrons. The van der Waals surface area contributed by atoms with Crippen molar-refractivity contribution in [2.45, 2.75) is 44.9 Å². The van der Waals surface area contributed by atoms with Crippen molar-refractivity contribution >= 4 is 5.91 Å². The van der Waals surface area contributed by atoms with Crippen LogP contribution in [0.15, 0.2) is 30.3 Å². The minimum absolute atomic E-state index is 0.0654. The Bertz CT molecular complexity index is 459. The molecule has 2 atom stereocenters. The van der Waals surface area contributed by atoms with Crippen LogP contribution in [0.3, 0.4) is 0 Å². The summed E-state index contributed by atoms with van der Waals surface area (Å²) in [7, 11) is 0. The van der Waals surface area contributed by atoms with Crippen LogP contribution >= 0.6 is 0 Å². The zero-order valence-electron chi connectivity index (χ0n) is 12.5. The summed E-state index contributed by atoms with van der Waals surface area (Å²) in [5, 5.41) is 0. The summed E-state index contributed by atoms with van der Waals surface area (Å²) < 4.78 is 5.82. The molecule has 4 heteroatoms. The van der Waals surface area contributed by atoms with E-state index in [4.69, 9.17) is 10.5 Å². The van der Waals surface area contributed by atoms with Gasteiger partial charge in [-0.2, -0.15) is 0 Å². The van der Waals surface area contributed by atoms with Crippen LogP contribution in [0, 0.1) is 0 Å². The second-order valence-electron chi connectivity index (χ2n) is 6.18. The Balaban J connectivity index is 1.98. The number of ether oxygens (including phenoxy) is 1. The Morgan fingerprint density at radius 2 is 2.10 bits per heavy atom. The van der Waals surface area contributed by atoms with Crippen molar-refractivity contribution in [3.05, 3.63) is 35.9 Å². The number of benzene rings is 1. The molecule has 110 valence electrons. The highest BCUT2D eigenvalue weighted by molar-refractivity contribution is 5.77. The molecule has 2 N–H and O–H groups in total. The SMILES string of the molecule is C[C@@H]1CN(C(=O)C[C@H](N)c2ccccc2)CC(C)(C)O1. The van der Waals surface area contributed by atoms with Crippen molar-refractivity contribution in [2.24, 2.45) is 5.73 Å². The van der Waals surface area contributed by atoms with Crippen molar-refractivity contribution in [3.63, 3.8) is 0 Å². The van der Waals surface area contributed by atoms with E-state index >= 15 is 0 Å². The molecule has 0 unspecified atom stereocenters. The molecule has 0 aliphatic carbocycles. The van der Waals surface area contributed by atoms with Crippen LogP contribution in [-0.2, 0) is 9.53 Å². The fourth-order valence-electron chi connectivity index (χ4n) is 2.78. The van der Waals surface area contributed by atoms with Crippen LogP contribution in [-0.4, -0.2) is 35.6 Å². The lowest BCUT2D eigenvalue weighted by molar-refractivity contribution is -0.158. The summed E-state index contributed by atoms with van der Waals surface area (Å²) in [5.41, 5.74) is 6.84. The molecule has 1 aliphatic heterocycles. The van der Waals surface area contributed by atoms with Crippen LogP contribution in [0.5, 0.6) is 0 Å². The third-order valence-electron chi connectivity index (χ3n) is 3.54. The molecule has 1 aliphatic rings. The van der Waals surface area contributed by atoms with Gasteiger partial charge in [-0.3, -0.25) is 4.79 Å². The highest BCUT2D eigenvalue weighted by atomic mass is 16.5. The van der Waals surface area contributed by atoms with Gasteiger partial charge in [0.15, 0.2) is 0 Å². The Morgan fingerprint density at radius 3 is 2.70 bits per heavy atom. The fraction of sp³-hybridized carbons (Fsp3) is 0.562. The minimum atomic E-state index is -0.288. The van der Waals surface area contributed by atoms with Gasteiger partial charge in [-0.25, -0.2) is 0 Å². The van der Waals surface area contributed by atoms with E-state index in [9.17, 15) is 4.79 Å². The summed E-state index contributed by atoms with van der Waals surface area (Å²) in [5.74, 6) is 0.101. The molecule has 2 rings (SSSR count). The molecule has 1 aromatic carbocycles. The molecule has 1 amide bonds. The van der Waals surface area contributed by atoms with Crippen LogP contribution in [0.1, 0.15) is 38.8 Å². The smallest absolute Gasteiger partial charge is 0.224 e. The van der Waals surface area contributed by atoms with Crippen LogP contribution < -0.4 is 5.73 Å². The number of carbonyl (C=O) groups excluding carboxylic acids is 1. The normalized spacial score (nSPS) is 23.4. The Morgan fingerprint density at radius 1 is 1.45 bits per heavy atom. The number of morpholine rings is 1. The summed E-state index contributed by atoms with van der Waals surface area (Å²) in [4.78, 5) is 14.3. The standard InChI is InChI=1S/C16H24N2O2/c1-12-10-18(11-16(2,3)20-12)15(19)9-14(17)13-7-5-4-6-8-13/h4-8,12,14H,9-11,17H2,1-3H3/t12-,14+/m1/s1. The van der Waals surface area contributed by atoms with Gasteiger partial charge >= 0.3 is 0 Å². The summed E-state index contributed by atoms with van der Waals surface area (Å²) in [6.45, 7) is 7.29. The minimum Gasteiger partial charge on any atom is -0.369 e. The number of nitrogens with zero attached hydrogens (tertiary/aromatic N) is 1. The highest BCUT2D eigenvalue weighted by Crippen LogP contribution is 2.23. The van der Waals surface area contributed by atoms with Crippen molar-refractivity contribution in [1.82, 2.24) is 4.90 Å². The number of nitrogens with two attached hydrogens (primary N) is 1. The van der Waals surface area contributed by atoms with Crippen molar-refractivity contribution in [3.8, 4) is 0 Å². The summed E-state index contributed by atoms with van der Waals surface area (Å²) in [6, 6.07) is 9.52. The average molecular weight is 276 g/mol. The first-order chi connectivity index (χ1) is 9.37. The number of rotatable bonds is 3.